The standard InChI is InChI=1S/C9H9ClN4O/c10-7-1-3-8(4-2-7)14-9(5-6-15)11-12-13-14/h1-4,15H,5-6H2. The summed E-state index contributed by atoms with van der Waals surface area (Å²) in [6, 6.07) is 7.17. The normalized spacial score (nSPS) is 10.5. The third-order valence-electron chi connectivity index (χ3n) is 1.94. The van der Waals surface area contributed by atoms with Gasteiger partial charge >= 0.3 is 0 Å². The maximum atomic E-state index is 8.82. The van der Waals surface area contributed by atoms with Gasteiger partial charge in [-0.25, -0.2) is 0 Å². The van der Waals surface area contributed by atoms with Crippen LogP contribution >= 0.6 is 11.6 Å². The number of aromatic nitrogens is 4. The maximum Gasteiger partial charge on any atom is 0.158 e. The Morgan fingerprint density at radius 1 is 1.27 bits per heavy atom. The topological polar surface area (TPSA) is 63.8 Å². The van der Waals surface area contributed by atoms with E-state index in [0.29, 0.717) is 17.3 Å². The molecule has 6 heteroatoms. The van der Waals surface area contributed by atoms with Gasteiger partial charge in [-0.1, -0.05) is 11.6 Å². The predicted molar refractivity (Wildman–Crippen MR) is 55.0 cm³/mol. The molecular formula is C9H9ClN4O. The van der Waals surface area contributed by atoms with E-state index in [1.54, 1.807) is 16.8 Å². The molecular weight excluding hydrogens is 216 g/mol. The second kappa shape index (κ2) is 4.37. The molecule has 1 aromatic carbocycles. The number of hydrogen-bond donors (Lipinski definition) is 1. The lowest BCUT2D eigenvalue weighted by molar-refractivity contribution is 0.295. The second-order valence-electron chi connectivity index (χ2n) is 2.96. The van der Waals surface area contributed by atoms with Crippen LogP contribution < -0.4 is 0 Å². The first-order valence-corrected chi connectivity index (χ1v) is 4.83. The quantitative estimate of drug-likeness (QED) is 0.840. The van der Waals surface area contributed by atoms with Crippen molar-refractivity contribution in [1.29, 1.82) is 0 Å². The van der Waals surface area contributed by atoms with Gasteiger partial charge in [-0.2, -0.15) is 4.68 Å². The van der Waals surface area contributed by atoms with Crippen LogP contribution in [0, 0.1) is 0 Å². The van der Waals surface area contributed by atoms with Gasteiger partial charge in [0.1, 0.15) is 0 Å². The summed E-state index contributed by atoms with van der Waals surface area (Å²) in [5.41, 5.74) is 0.827. The Morgan fingerprint density at radius 3 is 2.67 bits per heavy atom. The zero-order chi connectivity index (χ0) is 10.7. The van der Waals surface area contributed by atoms with Crippen LogP contribution in [0.25, 0.3) is 5.69 Å². The van der Waals surface area contributed by atoms with Gasteiger partial charge in [-0.3, -0.25) is 0 Å². The summed E-state index contributed by atoms with van der Waals surface area (Å²) in [6.45, 7) is 0.0218. The van der Waals surface area contributed by atoms with Crippen LogP contribution in [0.3, 0.4) is 0 Å². The Balaban J connectivity index is 2.36. The van der Waals surface area contributed by atoms with Crippen LogP contribution in [0.2, 0.25) is 5.02 Å². The summed E-state index contributed by atoms with van der Waals surface area (Å²) >= 11 is 5.77. The molecule has 0 spiro atoms. The SMILES string of the molecule is OCCc1nnnn1-c1ccc(Cl)cc1. The average molecular weight is 225 g/mol. The molecule has 0 atom stereocenters. The fourth-order valence-electron chi connectivity index (χ4n) is 1.24. The number of nitrogens with zero attached hydrogens (tertiary/aromatic N) is 4. The molecule has 15 heavy (non-hydrogen) atoms. The average Bonchev–Trinajstić information content (AvgIpc) is 2.68. The maximum absolute atomic E-state index is 8.82. The smallest absolute Gasteiger partial charge is 0.158 e. The first kappa shape index (κ1) is 10.1. The fourth-order valence-corrected chi connectivity index (χ4v) is 1.37. The van der Waals surface area contributed by atoms with Gasteiger partial charge in [0.15, 0.2) is 5.82 Å². The van der Waals surface area contributed by atoms with Crippen LogP contribution in [0.4, 0.5) is 0 Å². The molecule has 0 aliphatic heterocycles. The van der Waals surface area contributed by atoms with E-state index in [2.05, 4.69) is 15.5 Å². The third-order valence-corrected chi connectivity index (χ3v) is 2.19. The van der Waals surface area contributed by atoms with Gasteiger partial charge in [-0.05, 0) is 34.7 Å². The van der Waals surface area contributed by atoms with E-state index in [1.165, 1.54) is 0 Å². The Morgan fingerprint density at radius 2 is 2.00 bits per heavy atom. The Labute approximate surface area is 91.3 Å². The monoisotopic (exact) mass is 224 g/mol. The van der Waals surface area contributed by atoms with E-state index < -0.39 is 0 Å². The van der Waals surface area contributed by atoms with Crippen molar-refractivity contribution < 1.29 is 5.11 Å². The molecule has 0 radical (unpaired) electrons. The summed E-state index contributed by atoms with van der Waals surface area (Å²) in [5, 5.41) is 20.7. The first-order chi connectivity index (χ1) is 7.31. The van der Waals surface area contributed by atoms with Crippen molar-refractivity contribution in [1.82, 2.24) is 20.2 Å². The predicted octanol–water partition coefficient (Wildman–Crippen LogP) is 0.850. The molecule has 0 unspecified atom stereocenters. The molecule has 0 aliphatic rings. The van der Waals surface area contributed by atoms with Crippen LogP contribution in [0.5, 0.6) is 0 Å². The summed E-state index contributed by atoms with van der Waals surface area (Å²) < 4.78 is 1.58. The van der Waals surface area contributed by atoms with Crippen LogP contribution in [0.15, 0.2) is 24.3 Å². The van der Waals surface area contributed by atoms with E-state index in [-0.39, 0.29) is 6.61 Å². The van der Waals surface area contributed by atoms with Crippen LogP contribution in [-0.2, 0) is 6.42 Å². The van der Waals surface area contributed by atoms with Gasteiger partial charge in [0.2, 0.25) is 0 Å². The fraction of sp³-hybridized carbons (Fsp3) is 0.222. The molecule has 0 saturated carbocycles. The highest BCUT2D eigenvalue weighted by molar-refractivity contribution is 6.30. The van der Waals surface area contributed by atoms with Crippen molar-refractivity contribution >= 4 is 11.6 Å². The van der Waals surface area contributed by atoms with Crippen molar-refractivity contribution in [3.8, 4) is 5.69 Å². The van der Waals surface area contributed by atoms with Gasteiger partial charge in [0.25, 0.3) is 0 Å². The highest BCUT2D eigenvalue weighted by atomic mass is 35.5. The summed E-state index contributed by atoms with van der Waals surface area (Å²) in [6.07, 6.45) is 0.426. The summed E-state index contributed by atoms with van der Waals surface area (Å²) in [4.78, 5) is 0. The Bertz CT molecular complexity index is 440. The molecule has 1 aromatic heterocycles. The van der Waals surface area contributed by atoms with Crippen molar-refractivity contribution in [2.24, 2.45) is 0 Å². The minimum absolute atomic E-state index is 0.0218. The van der Waals surface area contributed by atoms with Gasteiger partial charge in [0.05, 0.1) is 12.3 Å². The minimum atomic E-state index is 0.0218. The lowest BCUT2D eigenvalue weighted by Crippen LogP contribution is -2.04. The minimum Gasteiger partial charge on any atom is -0.396 e. The van der Waals surface area contributed by atoms with E-state index in [4.69, 9.17) is 16.7 Å². The highest BCUT2D eigenvalue weighted by Crippen LogP contribution is 2.13. The molecule has 0 amide bonds. The summed E-state index contributed by atoms with van der Waals surface area (Å²) in [7, 11) is 0. The van der Waals surface area contributed by atoms with Crippen molar-refractivity contribution in [2.45, 2.75) is 6.42 Å². The molecule has 0 bridgehead atoms. The van der Waals surface area contributed by atoms with Crippen molar-refractivity contribution in [2.75, 3.05) is 6.61 Å². The first-order valence-electron chi connectivity index (χ1n) is 4.45. The molecule has 0 fully saturated rings. The van der Waals surface area contributed by atoms with Crippen LogP contribution in [0.1, 0.15) is 5.82 Å². The van der Waals surface area contributed by atoms with Crippen molar-refractivity contribution in [3.05, 3.63) is 35.1 Å². The van der Waals surface area contributed by atoms with E-state index >= 15 is 0 Å². The Hall–Kier alpha value is -1.46. The molecule has 5 nitrogen and oxygen atoms in total. The number of aliphatic hydroxyl groups is 1. The van der Waals surface area contributed by atoms with E-state index in [1.807, 2.05) is 12.1 Å². The molecule has 1 N–H and O–H groups in total. The Kier molecular flexibility index (Phi) is 2.94. The molecule has 2 rings (SSSR count). The zero-order valence-corrected chi connectivity index (χ0v) is 8.59. The number of rotatable bonds is 3. The van der Waals surface area contributed by atoms with Gasteiger partial charge < -0.3 is 5.11 Å². The second-order valence-corrected chi connectivity index (χ2v) is 3.39. The molecule has 2 aromatic rings. The molecule has 0 saturated heterocycles. The van der Waals surface area contributed by atoms with E-state index in [9.17, 15) is 0 Å². The largest absolute Gasteiger partial charge is 0.396 e. The van der Waals surface area contributed by atoms with E-state index in [0.717, 1.165) is 5.69 Å². The molecule has 1 heterocycles. The highest BCUT2D eigenvalue weighted by Gasteiger charge is 2.06. The van der Waals surface area contributed by atoms with Crippen LogP contribution in [-0.4, -0.2) is 31.9 Å². The lowest BCUT2D eigenvalue weighted by atomic mass is 10.3. The third kappa shape index (κ3) is 2.14. The zero-order valence-electron chi connectivity index (χ0n) is 7.84. The number of hydrogen-bond acceptors (Lipinski definition) is 4. The number of aliphatic hydroxyl groups excluding tert-OH is 1. The number of tetrazole rings is 1. The molecule has 0 aliphatic carbocycles. The lowest BCUT2D eigenvalue weighted by Gasteiger charge is -2.02. The van der Waals surface area contributed by atoms with Gasteiger partial charge in [0, 0.05) is 11.4 Å². The van der Waals surface area contributed by atoms with Gasteiger partial charge in [-0.15, -0.1) is 5.10 Å². The number of halogens is 1. The number of benzene rings is 1. The summed E-state index contributed by atoms with van der Waals surface area (Å²) in [5.74, 6) is 0.625. The molecule has 78 valence electrons. The van der Waals surface area contributed by atoms with Crippen molar-refractivity contribution in [3.63, 3.8) is 0 Å².